The van der Waals surface area contributed by atoms with Gasteiger partial charge in [-0.05, 0) is 83.2 Å². The molecule has 3 aliphatic rings. The van der Waals surface area contributed by atoms with Crippen LogP contribution >= 0.6 is 27.5 Å². The molecule has 0 amide bonds. The summed E-state index contributed by atoms with van der Waals surface area (Å²) in [6.45, 7) is 5.00. The van der Waals surface area contributed by atoms with Crippen LogP contribution in [0.25, 0.3) is 0 Å². The molecule has 0 spiro atoms. The molecule has 3 aliphatic heterocycles. The van der Waals surface area contributed by atoms with E-state index in [1.54, 1.807) is 7.11 Å². The third-order valence-corrected chi connectivity index (χ3v) is 6.65. The van der Waals surface area contributed by atoms with E-state index in [2.05, 4.69) is 38.3 Å². The second kappa shape index (κ2) is 9.04. The number of halogens is 2. The molecule has 2 aromatic rings. The van der Waals surface area contributed by atoms with Crippen molar-refractivity contribution in [3.8, 4) is 11.5 Å². The van der Waals surface area contributed by atoms with E-state index in [1.165, 1.54) is 38.0 Å². The van der Waals surface area contributed by atoms with Crippen LogP contribution in [0.2, 0.25) is 5.02 Å². The maximum atomic E-state index is 6.03. The van der Waals surface area contributed by atoms with Crippen LogP contribution in [0, 0.1) is 5.92 Å². The number of hydrogen-bond donors (Lipinski definition) is 1. The molecule has 28 heavy (non-hydrogen) atoms. The first-order valence-electron chi connectivity index (χ1n) is 9.82. The van der Waals surface area contributed by atoms with Gasteiger partial charge in [-0.2, -0.15) is 0 Å². The van der Waals surface area contributed by atoms with Gasteiger partial charge >= 0.3 is 0 Å². The molecule has 0 radical (unpaired) electrons. The van der Waals surface area contributed by atoms with Crippen molar-refractivity contribution < 1.29 is 9.47 Å². The quantitative estimate of drug-likeness (QED) is 0.632. The van der Waals surface area contributed by atoms with Crippen molar-refractivity contribution >= 4 is 27.5 Å². The lowest BCUT2D eigenvalue weighted by Crippen LogP contribution is -2.55. The molecule has 1 N–H and O–H groups in total. The fourth-order valence-corrected chi connectivity index (χ4v) is 4.93. The Balaban J connectivity index is 1.40. The highest BCUT2D eigenvalue weighted by atomic mass is 79.9. The Morgan fingerprint density at radius 3 is 2.54 bits per heavy atom. The Hall–Kier alpha value is -1.27. The standard InChI is InChI=1S/C22H26BrClN2O2/c1-27-21-11-16(12-25-20-13-26-8-6-17(20)7-9-26)10-19(23)22(21)28-14-15-2-4-18(24)5-3-15/h2-5,10-11,17,20,25H,6-9,12-14H2,1H3. The van der Waals surface area contributed by atoms with E-state index < -0.39 is 0 Å². The van der Waals surface area contributed by atoms with Crippen molar-refractivity contribution in [1.82, 2.24) is 10.2 Å². The van der Waals surface area contributed by atoms with Crippen LogP contribution in [-0.4, -0.2) is 37.7 Å². The van der Waals surface area contributed by atoms with Gasteiger partial charge < -0.3 is 19.7 Å². The number of hydrogen-bond acceptors (Lipinski definition) is 4. The molecule has 3 fully saturated rings. The van der Waals surface area contributed by atoms with Gasteiger partial charge in [0, 0.05) is 24.2 Å². The minimum absolute atomic E-state index is 0.462. The summed E-state index contributed by atoms with van der Waals surface area (Å²) in [5.74, 6) is 2.29. The first kappa shape index (κ1) is 20.0. The third-order valence-electron chi connectivity index (χ3n) is 5.81. The average molecular weight is 466 g/mol. The molecule has 1 unspecified atom stereocenters. The lowest BCUT2D eigenvalue weighted by atomic mass is 9.84. The summed E-state index contributed by atoms with van der Waals surface area (Å²) in [7, 11) is 1.68. The Morgan fingerprint density at radius 1 is 1.14 bits per heavy atom. The normalized spacial score (nSPS) is 23.6. The molecule has 1 atom stereocenters. The summed E-state index contributed by atoms with van der Waals surface area (Å²) < 4.78 is 12.5. The van der Waals surface area contributed by atoms with Crippen LogP contribution in [0.5, 0.6) is 11.5 Å². The Morgan fingerprint density at radius 2 is 1.89 bits per heavy atom. The second-order valence-corrected chi connectivity index (χ2v) is 8.94. The molecule has 150 valence electrons. The zero-order valence-electron chi connectivity index (χ0n) is 16.1. The summed E-state index contributed by atoms with van der Waals surface area (Å²) >= 11 is 9.61. The number of methoxy groups -OCH3 is 1. The van der Waals surface area contributed by atoms with Crippen molar-refractivity contribution in [2.75, 3.05) is 26.7 Å². The van der Waals surface area contributed by atoms with Crippen LogP contribution in [0.15, 0.2) is 40.9 Å². The number of ether oxygens (including phenoxy) is 2. The molecule has 0 aromatic heterocycles. The van der Waals surface area contributed by atoms with E-state index in [-0.39, 0.29) is 0 Å². The van der Waals surface area contributed by atoms with E-state index in [1.807, 2.05) is 24.3 Å². The molecule has 3 saturated heterocycles. The second-order valence-electron chi connectivity index (χ2n) is 7.65. The smallest absolute Gasteiger partial charge is 0.175 e. The highest BCUT2D eigenvalue weighted by Gasteiger charge is 2.33. The van der Waals surface area contributed by atoms with Crippen LogP contribution in [0.1, 0.15) is 24.0 Å². The zero-order chi connectivity index (χ0) is 19.5. The van der Waals surface area contributed by atoms with E-state index in [0.29, 0.717) is 12.6 Å². The fourth-order valence-electron chi connectivity index (χ4n) is 4.20. The first-order valence-corrected chi connectivity index (χ1v) is 11.0. The van der Waals surface area contributed by atoms with Crippen molar-refractivity contribution in [3.05, 3.63) is 57.0 Å². The van der Waals surface area contributed by atoms with Crippen LogP contribution in [0.4, 0.5) is 0 Å². The van der Waals surface area contributed by atoms with Crippen molar-refractivity contribution in [2.24, 2.45) is 5.92 Å². The Kier molecular flexibility index (Phi) is 6.46. The number of piperidine rings is 3. The zero-order valence-corrected chi connectivity index (χ0v) is 18.4. The summed E-state index contributed by atoms with van der Waals surface area (Å²) in [5, 5.41) is 4.48. The predicted octanol–water partition coefficient (Wildman–Crippen LogP) is 4.87. The fraction of sp³-hybridized carbons (Fsp3) is 0.455. The molecule has 6 heteroatoms. The Bertz CT molecular complexity index is 807. The maximum Gasteiger partial charge on any atom is 0.175 e. The summed E-state index contributed by atoms with van der Waals surface area (Å²) in [5.41, 5.74) is 2.26. The molecular weight excluding hydrogens is 440 g/mol. The van der Waals surface area contributed by atoms with E-state index in [0.717, 1.165) is 39.0 Å². The predicted molar refractivity (Wildman–Crippen MR) is 116 cm³/mol. The molecule has 0 aliphatic carbocycles. The van der Waals surface area contributed by atoms with Crippen LogP contribution in [0.3, 0.4) is 0 Å². The van der Waals surface area contributed by atoms with Gasteiger partial charge in [0.25, 0.3) is 0 Å². The SMILES string of the molecule is COc1cc(CNC2CN3CCC2CC3)cc(Br)c1OCc1ccc(Cl)cc1. The van der Waals surface area contributed by atoms with Gasteiger partial charge in [0.2, 0.25) is 0 Å². The minimum atomic E-state index is 0.462. The molecule has 3 heterocycles. The summed E-state index contributed by atoms with van der Waals surface area (Å²) in [6.07, 6.45) is 2.64. The largest absolute Gasteiger partial charge is 0.493 e. The summed E-state index contributed by atoms with van der Waals surface area (Å²) in [4.78, 5) is 2.57. The number of benzene rings is 2. The van der Waals surface area contributed by atoms with E-state index in [4.69, 9.17) is 21.1 Å². The number of nitrogens with one attached hydrogen (secondary N) is 1. The monoisotopic (exact) mass is 464 g/mol. The number of fused-ring (bicyclic) bond motifs is 3. The molecular formula is C22H26BrClN2O2. The Labute approximate surface area is 180 Å². The maximum absolute atomic E-state index is 6.03. The summed E-state index contributed by atoms with van der Waals surface area (Å²) in [6, 6.07) is 12.5. The lowest BCUT2D eigenvalue weighted by Gasteiger charge is -2.45. The first-order chi connectivity index (χ1) is 13.6. The molecule has 2 bridgehead atoms. The highest BCUT2D eigenvalue weighted by Crippen LogP contribution is 2.37. The highest BCUT2D eigenvalue weighted by molar-refractivity contribution is 9.10. The average Bonchev–Trinajstić information content (AvgIpc) is 2.73. The third kappa shape index (κ3) is 4.65. The van der Waals surface area contributed by atoms with E-state index in [9.17, 15) is 0 Å². The minimum Gasteiger partial charge on any atom is -0.493 e. The van der Waals surface area contributed by atoms with Gasteiger partial charge in [-0.3, -0.25) is 0 Å². The lowest BCUT2D eigenvalue weighted by molar-refractivity contribution is 0.0720. The number of rotatable bonds is 7. The van der Waals surface area contributed by atoms with Crippen molar-refractivity contribution in [1.29, 1.82) is 0 Å². The van der Waals surface area contributed by atoms with Gasteiger partial charge in [-0.1, -0.05) is 23.7 Å². The van der Waals surface area contributed by atoms with Gasteiger partial charge in [0.15, 0.2) is 11.5 Å². The molecule has 0 saturated carbocycles. The molecule has 2 aromatic carbocycles. The van der Waals surface area contributed by atoms with Gasteiger partial charge in [-0.15, -0.1) is 0 Å². The topological polar surface area (TPSA) is 33.7 Å². The van der Waals surface area contributed by atoms with Crippen LogP contribution in [-0.2, 0) is 13.2 Å². The van der Waals surface area contributed by atoms with Gasteiger partial charge in [-0.25, -0.2) is 0 Å². The van der Waals surface area contributed by atoms with E-state index >= 15 is 0 Å². The number of nitrogens with zero attached hydrogens (tertiary/aromatic N) is 1. The molecule has 4 nitrogen and oxygen atoms in total. The van der Waals surface area contributed by atoms with Crippen molar-refractivity contribution in [2.45, 2.75) is 32.0 Å². The molecule has 5 rings (SSSR count). The van der Waals surface area contributed by atoms with Crippen molar-refractivity contribution in [3.63, 3.8) is 0 Å². The van der Waals surface area contributed by atoms with Gasteiger partial charge in [0.1, 0.15) is 6.61 Å². The van der Waals surface area contributed by atoms with Gasteiger partial charge in [0.05, 0.1) is 11.6 Å². The van der Waals surface area contributed by atoms with Crippen LogP contribution < -0.4 is 14.8 Å².